The van der Waals surface area contributed by atoms with Gasteiger partial charge in [0, 0.05) is 57.4 Å². The van der Waals surface area contributed by atoms with Crippen molar-refractivity contribution < 1.29 is 13.9 Å². The molecule has 30 heavy (non-hydrogen) atoms. The van der Waals surface area contributed by atoms with E-state index in [1.54, 1.807) is 12.1 Å². The molecule has 0 aromatic heterocycles. The van der Waals surface area contributed by atoms with Gasteiger partial charge in [-0.2, -0.15) is 0 Å². The molecular weight excluding hydrogens is 383 g/mol. The van der Waals surface area contributed by atoms with Crippen LogP contribution in [0, 0.1) is 5.82 Å². The molecule has 0 saturated carbocycles. The first kappa shape index (κ1) is 21.5. The summed E-state index contributed by atoms with van der Waals surface area (Å²) < 4.78 is 24.7. The Morgan fingerprint density at radius 1 is 1.10 bits per heavy atom. The van der Waals surface area contributed by atoms with Crippen molar-refractivity contribution in [3.63, 3.8) is 0 Å². The molecule has 6 nitrogen and oxygen atoms in total. The number of benzene rings is 1. The SMILES string of the molecule is CCNC(=NCC1(c2ccc(F)cc2)CCOCC1)N1CCC(N2CCOCC2)C1. The molecule has 4 rings (SSSR count). The summed E-state index contributed by atoms with van der Waals surface area (Å²) >= 11 is 0. The molecule has 7 heteroatoms. The summed E-state index contributed by atoms with van der Waals surface area (Å²) in [5.41, 5.74) is 1.08. The second-order valence-electron chi connectivity index (χ2n) is 8.61. The van der Waals surface area contributed by atoms with E-state index in [0.29, 0.717) is 12.6 Å². The molecular formula is C23H35FN4O2. The van der Waals surface area contributed by atoms with Crippen molar-refractivity contribution in [1.82, 2.24) is 15.1 Å². The molecule has 3 aliphatic heterocycles. The highest BCUT2D eigenvalue weighted by atomic mass is 19.1. The fourth-order valence-corrected chi connectivity index (χ4v) is 4.93. The molecule has 3 aliphatic rings. The van der Waals surface area contributed by atoms with E-state index in [4.69, 9.17) is 14.5 Å². The Hall–Kier alpha value is -1.70. The minimum absolute atomic E-state index is 0.0873. The van der Waals surface area contributed by atoms with Crippen LogP contribution < -0.4 is 5.32 Å². The molecule has 1 aromatic carbocycles. The van der Waals surface area contributed by atoms with Gasteiger partial charge in [0.1, 0.15) is 5.82 Å². The van der Waals surface area contributed by atoms with E-state index in [2.05, 4.69) is 22.0 Å². The molecule has 1 N–H and O–H groups in total. The highest BCUT2D eigenvalue weighted by Gasteiger charge is 2.35. The normalized spacial score (nSPS) is 25.5. The smallest absolute Gasteiger partial charge is 0.193 e. The molecule has 0 aliphatic carbocycles. The first-order chi connectivity index (χ1) is 14.7. The molecule has 0 bridgehead atoms. The van der Waals surface area contributed by atoms with Crippen molar-refractivity contribution in [3.05, 3.63) is 35.6 Å². The number of rotatable bonds is 5. The molecule has 1 atom stereocenters. The first-order valence-corrected chi connectivity index (χ1v) is 11.4. The third-order valence-corrected chi connectivity index (χ3v) is 6.80. The number of morpholine rings is 1. The fraction of sp³-hybridized carbons (Fsp3) is 0.696. The maximum absolute atomic E-state index is 13.5. The van der Waals surface area contributed by atoms with E-state index in [1.165, 1.54) is 12.0 Å². The van der Waals surface area contributed by atoms with Crippen molar-refractivity contribution in [3.8, 4) is 0 Å². The Bertz CT molecular complexity index is 700. The largest absolute Gasteiger partial charge is 0.381 e. The number of likely N-dealkylation sites (tertiary alicyclic amines) is 1. The monoisotopic (exact) mass is 418 g/mol. The molecule has 3 heterocycles. The molecule has 1 aromatic rings. The van der Waals surface area contributed by atoms with Gasteiger partial charge in [0.2, 0.25) is 0 Å². The van der Waals surface area contributed by atoms with Gasteiger partial charge in [0.25, 0.3) is 0 Å². The number of halogens is 1. The van der Waals surface area contributed by atoms with Gasteiger partial charge in [-0.25, -0.2) is 4.39 Å². The highest BCUT2D eigenvalue weighted by molar-refractivity contribution is 5.80. The van der Waals surface area contributed by atoms with Crippen LogP contribution in [-0.2, 0) is 14.9 Å². The maximum atomic E-state index is 13.5. The van der Waals surface area contributed by atoms with E-state index in [1.807, 2.05) is 12.1 Å². The summed E-state index contributed by atoms with van der Waals surface area (Å²) in [4.78, 5) is 10.1. The van der Waals surface area contributed by atoms with Crippen LogP contribution >= 0.6 is 0 Å². The van der Waals surface area contributed by atoms with Gasteiger partial charge in [0.15, 0.2) is 5.96 Å². The van der Waals surface area contributed by atoms with E-state index >= 15 is 0 Å². The first-order valence-electron chi connectivity index (χ1n) is 11.4. The van der Waals surface area contributed by atoms with E-state index < -0.39 is 0 Å². The number of aliphatic imine (C=N–C) groups is 1. The van der Waals surface area contributed by atoms with Crippen molar-refractivity contribution in [2.24, 2.45) is 4.99 Å². The number of hydrogen-bond acceptors (Lipinski definition) is 4. The van der Waals surface area contributed by atoms with Crippen molar-refractivity contribution in [1.29, 1.82) is 0 Å². The van der Waals surface area contributed by atoms with Crippen LogP contribution in [0.15, 0.2) is 29.3 Å². The third-order valence-electron chi connectivity index (χ3n) is 6.80. The zero-order chi connectivity index (χ0) is 20.8. The highest BCUT2D eigenvalue weighted by Crippen LogP contribution is 2.35. The molecule has 0 spiro atoms. The van der Waals surface area contributed by atoms with Crippen LogP contribution in [0.5, 0.6) is 0 Å². The average molecular weight is 419 g/mol. The lowest BCUT2D eigenvalue weighted by Gasteiger charge is -2.37. The predicted molar refractivity (Wildman–Crippen MR) is 116 cm³/mol. The zero-order valence-corrected chi connectivity index (χ0v) is 18.1. The Kier molecular flexibility index (Phi) is 7.23. The molecule has 166 valence electrons. The van der Waals surface area contributed by atoms with Crippen LogP contribution in [0.3, 0.4) is 0 Å². The van der Waals surface area contributed by atoms with Crippen LogP contribution in [0.25, 0.3) is 0 Å². The quantitative estimate of drug-likeness (QED) is 0.587. The number of hydrogen-bond donors (Lipinski definition) is 1. The Labute approximate surface area is 179 Å². The van der Waals surface area contributed by atoms with Crippen LogP contribution in [0.4, 0.5) is 4.39 Å². The summed E-state index contributed by atoms with van der Waals surface area (Å²) in [5, 5.41) is 3.51. The van der Waals surface area contributed by atoms with Crippen molar-refractivity contribution in [2.45, 2.75) is 37.6 Å². The van der Waals surface area contributed by atoms with E-state index in [9.17, 15) is 4.39 Å². The lowest BCUT2D eigenvalue weighted by atomic mass is 9.74. The second kappa shape index (κ2) is 10.1. The summed E-state index contributed by atoms with van der Waals surface area (Å²) in [5.74, 6) is 0.810. The minimum atomic E-state index is -0.191. The molecule has 3 saturated heterocycles. The average Bonchev–Trinajstić information content (AvgIpc) is 3.28. The molecule has 0 amide bonds. The molecule has 1 unspecified atom stereocenters. The number of nitrogens with zero attached hydrogens (tertiary/aromatic N) is 3. The summed E-state index contributed by atoms with van der Waals surface area (Å²) in [6.45, 7) is 10.9. The van der Waals surface area contributed by atoms with Crippen LogP contribution in [-0.4, -0.2) is 87.5 Å². The minimum Gasteiger partial charge on any atom is -0.381 e. The van der Waals surface area contributed by atoms with E-state index in [-0.39, 0.29) is 11.2 Å². The fourth-order valence-electron chi connectivity index (χ4n) is 4.93. The van der Waals surface area contributed by atoms with Crippen LogP contribution in [0.1, 0.15) is 31.7 Å². The standard InChI is InChI=1S/C23H35FN4O2/c1-2-25-22(28-10-7-21(17-28)27-11-15-30-16-12-27)26-18-23(8-13-29-14-9-23)19-3-5-20(24)6-4-19/h3-6,21H,2,7-18H2,1H3,(H,25,26). The van der Waals surface area contributed by atoms with Gasteiger partial charge < -0.3 is 19.7 Å². The number of nitrogens with one attached hydrogen (secondary N) is 1. The maximum Gasteiger partial charge on any atom is 0.193 e. The number of ether oxygens (including phenoxy) is 2. The van der Waals surface area contributed by atoms with Crippen molar-refractivity contribution >= 4 is 5.96 Å². The lowest BCUT2D eigenvalue weighted by Crippen LogP contribution is -2.47. The lowest BCUT2D eigenvalue weighted by molar-refractivity contribution is 0.0194. The Morgan fingerprint density at radius 2 is 1.80 bits per heavy atom. The summed E-state index contributed by atoms with van der Waals surface area (Å²) in [7, 11) is 0. The topological polar surface area (TPSA) is 49.3 Å². The third kappa shape index (κ3) is 4.95. The van der Waals surface area contributed by atoms with Gasteiger partial charge in [-0.1, -0.05) is 12.1 Å². The summed E-state index contributed by atoms with van der Waals surface area (Å²) in [6.07, 6.45) is 3.00. The predicted octanol–water partition coefficient (Wildman–Crippen LogP) is 2.25. The van der Waals surface area contributed by atoms with Gasteiger partial charge in [0.05, 0.1) is 19.8 Å². The van der Waals surface area contributed by atoms with Crippen LogP contribution in [0.2, 0.25) is 0 Å². The Morgan fingerprint density at radius 3 is 2.50 bits per heavy atom. The van der Waals surface area contributed by atoms with Gasteiger partial charge in [-0.15, -0.1) is 0 Å². The molecule has 0 radical (unpaired) electrons. The Balaban J connectivity index is 1.48. The number of guanidine groups is 1. The van der Waals surface area contributed by atoms with Crippen molar-refractivity contribution in [2.75, 3.05) is 65.7 Å². The van der Waals surface area contributed by atoms with Gasteiger partial charge in [-0.3, -0.25) is 9.89 Å². The second-order valence-corrected chi connectivity index (χ2v) is 8.61. The summed E-state index contributed by atoms with van der Waals surface area (Å²) in [6, 6.07) is 7.55. The molecule has 3 fully saturated rings. The van der Waals surface area contributed by atoms with Gasteiger partial charge in [-0.05, 0) is 43.9 Å². The van der Waals surface area contributed by atoms with Gasteiger partial charge >= 0.3 is 0 Å². The zero-order valence-electron chi connectivity index (χ0n) is 18.1. The van der Waals surface area contributed by atoms with E-state index in [0.717, 1.165) is 78.0 Å².